The summed E-state index contributed by atoms with van der Waals surface area (Å²) < 4.78 is 65.8. The molecule has 3 rings (SSSR count). The number of anilines is 8. The SMILES string of the molecule is O=S(=O)([O-])CCNc1nc(NCC(O)CO)nc(Nc2cccc(Nc3nc(NCCS(=O)(=O)[O-])nc(NCC(O)CO)n3)c2)n1.[Na+].[Na+]. The summed E-state index contributed by atoms with van der Waals surface area (Å²) in [6.07, 6.45) is -2.25. The van der Waals surface area contributed by atoms with Crippen LogP contribution in [-0.2, 0) is 20.2 Å². The smallest absolute Gasteiger partial charge is 0.748 e. The van der Waals surface area contributed by atoms with Crippen LogP contribution in [0.3, 0.4) is 0 Å². The van der Waals surface area contributed by atoms with Crippen molar-refractivity contribution in [1.82, 2.24) is 29.9 Å². The van der Waals surface area contributed by atoms with Gasteiger partial charge in [0.1, 0.15) is 0 Å². The molecule has 0 aliphatic rings. The molecule has 1 aromatic carbocycles. The molecule has 0 saturated carbocycles. The number of rotatable bonds is 20. The van der Waals surface area contributed by atoms with Crippen LogP contribution < -0.4 is 91.0 Å². The van der Waals surface area contributed by atoms with Gasteiger partial charge < -0.3 is 61.4 Å². The normalized spacial score (nSPS) is 12.5. The van der Waals surface area contributed by atoms with E-state index >= 15 is 0 Å². The number of aliphatic hydroxyl groups is 4. The van der Waals surface area contributed by atoms with Gasteiger partial charge in [0.05, 0.1) is 57.2 Å². The number of aromatic nitrogens is 6. The van der Waals surface area contributed by atoms with Crippen molar-refractivity contribution in [3.8, 4) is 0 Å². The van der Waals surface area contributed by atoms with Gasteiger partial charge in [-0.3, -0.25) is 0 Å². The number of hydrogen-bond acceptors (Lipinski definition) is 22. The molecule has 2 atom stereocenters. The van der Waals surface area contributed by atoms with Gasteiger partial charge >= 0.3 is 59.1 Å². The summed E-state index contributed by atoms with van der Waals surface area (Å²) in [6, 6.07) is 6.51. The molecule has 48 heavy (non-hydrogen) atoms. The van der Waals surface area contributed by atoms with Crippen molar-refractivity contribution in [3.63, 3.8) is 0 Å². The molecule has 2 aromatic heterocycles. The molecular formula is C22H32N12Na2O10S2. The number of nitrogens with zero attached hydrogens (tertiary/aromatic N) is 6. The first-order valence-electron chi connectivity index (χ1n) is 13.3. The topological polar surface area (TPSA) is 345 Å². The van der Waals surface area contributed by atoms with E-state index in [4.69, 9.17) is 10.2 Å². The molecule has 0 saturated heterocycles. The van der Waals surface area contributed by atoms with Crippen molar-refractivity contribution in [2.75, 3.05) is 82.8 Å². The zero-order chi connectivity index (χ0) is 33.7. The number of benzene rings is 1. The van der Waals surface area contributed by atoms with E-state index in [9.17, 15) is 36.2 Å². The van der Waals surface area contributed by atoms with E-state index in [1.807, 2.05) is 0 Å². The zero-order valence-electron chi connectivity index (χ0n) is 25.9. The minimum Gasteiger partial charge on any atom is -0.748 e. The Morgan fingerprint density at radius 3 is 1.27 bits per heavy atom. The Kier molecular flexibility index (Phi) is 19.2. The fraction of sp³-hybridized carbons (Fsp3) is 0.455. The van der Waals surface area contributed by atoms with Crippen molar-refractivity contribution in [3.05, 3.63) is 24.3 Å². The molecule has 26 heteroatoms. The first-order chi connectivity index (χ1) is 21.7. The summed E-state index contributed by atoms with van der Waals surface area (Å²) in [7, 11) is -9.01. The van der Waals surface area contributed by atoms with E-state index in [1.165, 1.54) is 0 Å². The molecule has 0 fully saturated rings. The van der Waals surface area contributed by atoms with Crippen LogP contribution in [0.2, 0.25) is 0 Å². The summed E-state index contributed by atoms with van der Waals surface area (Å²) in [6.45, 7) is -1.90. The van der Waals surface area contributed by atoms with Crippen LogP contribution in [0.5, 0.6) is 0 Å². The summed E-state index contributed by atoms with van der Waals surface area (Å²) in [5, 5.41) is 53.9. The molecule has 0 bridgehead atoms. The van der Waals surface area contributed by atoms with Crippen LogP contribution in [0, 0.1) is 0 Å². The average Bonchev–Trinajstić information content (AvgIpc) is 2.97. The Bertz CT molecular complexity index is 1550. The second-order valence-electron chi connectivity index (χ2n) is 9.26. The Balaban J connectivity index is 0.00000576. The van der Waals surface area contributed by atoms with Crippen molar-refractivity contribution >= 4 is 67.3 Å². The minimum absolute atomic E-state index is 0. The Labute approximate surface area is 319 Å². The Morgan fingerprint density at radius 1 is 0.604 bits per heavy atom. The first-order valence-corrected chi connectivity index (χ1v) is 16.4. The maximum Gasteiger partial charge on any atom is 1.00 e. The second-order valence-corrected chi connectivity index (χ2v) is 12.3. The molecule has 0 amide bonds. The number of hydrogen-bond donors (Lipinski definition) is 10. The predicted octanol–water partition coefficient (Wildman–Crippen LogP) is -9.00. The second kappa shape index (κ2) is 21.0. The third-order valence-corrected chi connectivity index (χ3v) is 6.74. The van der Waals surface area contributed by atoms with Crippen LogP contribution in [0.4, 0.5) is 47.1 Å². The van der Waals surface area contributed by atoms with Gasteiger partial charge in [-0.05, 0) is 18.2 Å². The van der Waals surface area contributed by atoms with Crippen molar-refractivity contribution in [1.29, 1.82) is 0 Å². The Hall–Kier alpha value is -2.30. The third-order valence-electron chi connectivity index (χ3n) is 5.33. The quantitative estimate of drug-likeness (QED) is 0.0380. The first kappa shape index (κ1) is 43.7. The van der Waals surface area contributed by atoms with Gasteiger partial charge in [0.25, 0.3) is 0 Å². The fourth-order valence-electron chi connectivity index (χ4n) is 3.24. The molecule has 2 heterocycles. The van der Waals surface area contributed by atoms with Gasteiger partial charge in [-0.15, -0.1) is 0 Å². The molecule has 0 radical (unpaired) electrons. The molecule has 0 aliphatic heterocycles. The van der Waals surface area contributed by atoms with Crippen LogP contribution in [-0.4, -0.2) is 139 Å². The monoisotopic (exact) mass is 734 g/mol. The van der Waals surface area contributed by atoms with E-state index in [0.717, 1.165) is 0 Å². The van der Waals surface area contributed by atoms with Crippen molar-refractivity contribution in [2.24, 2.45) is 0 Å². The molecule has 0 spiro atoms. The summed E-state index contributed by atoms with van der Waals surface area (Å²) in [5.41, 5.74) is 0.839. The van der Waals surface area contributed by atoms with Gasteiger partial charge in [0.15, 0.2) is 0 Å². The predicted molar refractivity (Wildman–Crippen MR) is 162 cm³/mol. The summed E-state index contributed by atoms with van der Waals surface area (Å²) in [5.74, 6) is -1.82. The van der Waals surface area contributed by atoms with Gasteiger partial charge in [-0.1, -0.05) is 6.07 Å². The van der Waals surface area contributed by atoms with Gasteiger partial charge in [0, 0.05) is 37.6 Å². The molecule has 3 aromatic rings. The van der Waals surface area contributed by atoms with Crippen molar-refractivity contribution < 1.29 is 105 Å². The number of aliphatic hydroxyl groups excluding tert-OH is 4. The van der Waals surface area contributed by atoms with Crippen LogP contribution in [0.25, 0.3) is 0 Å². The number of nitrogens with one attached hydrogen (secondary N) is 6. The molecule has 22 nitrogen and oxygen atoms in total. The van der Waals surface area contributed by atoms with Crippen molar-refractivity contribution in [2.45, 2.75) is 12.2 Å². The largest absolute Gasteiger partial charge is 1.00 e. The maximum atomic E-state index is 11.0. The Morgan fingerprint density at radius 2 is 0.938 bits per heavy atom. The van der Waals surface area contributed by atoms with E-state index < -0.39 is 57.2 Å². The van der Waals surface area contributed by atoms with E-state index in [-0.39, 0.29) is 121 Å². The summed E-state index contributed by atoms with van der Waals surface area (Å²) in [4.78, 5) is 24.8. The summed E-state index contributed by atoms with van der Waals surface area (Å²) >= 11 is 0. The van der Waals surface area contributed by atoms with Crippen LogP contribution in [0.1, 0.15) is 0 Å². The van der Waals surface area contributed by atoms with Crippen LogP contribution in [0.15, 0.2) is 24.3 Å². The van der Waals surface area contributed by atoms with Crippen LogP contribution >= 0.6 is 0 Å². The standard InChI is InChI=1S/C22H34N12O10S2.2Na/c35-11-15(37)9-25-19-29-17(23-4-6-45(39,40)41)31-21(33-19)27-13-2-1-3-14(8-13)28-22-32-18(24-5-7-46(42,43)44)30-20(34-22)26-10-16(38)12-36;;/h1-3,8,15-16,35-38H,4-7,9-12H2,(H,39,40,41)(H,42,43,44)(H3,23,25,27,29,31,33)(H3,24,26,28,30,32,34);;/q;2*+1/p-2. The van der Waals surface area contributed by atoms with Gasteiger partial charge in [-0.2, -0.15) is 29.9 Å². The molecular weight excluding hydrogens is 702 g/mol. The van der Waals surface area contributed by atoms with Gasteiger partial charge in [0.2, 0.25) is 35.7 Å². The minimum atomic E-state index is -4.51. The third kappa shape index (κ3) is 17.4. The van der Waals surface area contributed by atoms with E-state index in [1.54, 1.807) is 24.3 Å². The molecule has 0 aliphatic carbocycles. The molecule has 254 valence electrons. The average molecular weight is 735 g/mol. The van der Waals surface area contributed by atoms with E-state index in [0.29, 0.717) is 11.4 Å². The molecule has 2 unspecified atom stereocenters. The fourth-order valence-corrected chi connectivity index (χ4v) is 3.94. The zero-order valence-corrected chi connectivity index (χ0v) is 31.5. The maximum absolute atomic E-state index is 11.0. The molecule has 10 N–H and O–H groups in total. The van der Waals surface area contributed by atoms with Gasteiger partial charge in [-0.25, -0.2) is 16.8 Å². The van der Waals surface area contributed by atoms with E-state index in [2.05, 4.69) is 61.8 Å².